The van der Waals surface area contributed by atoms with Crippen LogP contribution in [0.2, 0.25) is 0 Å². The minimum Gasteiger partial charge on any atom is -0.465 e. The van der Waals surface area contributed by atoms with Crippen LogP contribution in [0.5, 0.6) is 0 Å². The van der Waals surface area contributed by atoms with Crippen LogP contribution >= 0.6 is 15.9 Å². The summed E-state index contributed by atoms with van der Waals surface area (Å²) in [6.07, 6.45) is 4.37. The van der Waals surface area contributed by atoms with Gasteiger partial charge in [-0.05, 0) is 46.0 Å². The number of benzene rings is 1. The maximum Gasteiger partial charge on any atom is 0.407 e. The first kappa shape index (κ1) is 16.8. The second kappa shape index (κ2) is 6.92. The van der Waals surface area contributed by atoms with Crippen LogP contribution in [0.4, 0.5) is 4.79 Å². The van der Waals surface area contributed by atoms with E-state index in [-0.39, 0.29) is 6.04 Å². The molecule has 2 aromatic heterocycles. The highest BCUT2D eigenvalue weighted by Crippen LogP contribution is 2.32. The van der Waals surface area contributed by atoms with Gasteiger partial charge in [-0.2, -0.15) is 0 Å². The molecule has 1 amide bonds. The summed E-state index contributed by atoms with van der Waals surface area (Å²) in [7, 11) is 0. The minimum absolute atomic E-state index is 0.186. The molecule has 3 heterocycles. The predicted molar refractivity (Wildman–Crippen MR) is 102 cm³/mol. The van der Waals surface area contributed by atoms with Gasteiger partial charge in [0.25, 0.3) is 0 Å². The highest BCUT2D eigenvalue weighted by Gasteiger charge is 2.31. The average Bonchev–Trinajstić information content (AvgIpc) is 3.32. The van der Waals surface area contributed by atoms with E-state index in [0.717, 1.165) is 39.8 Å². The summed E-state index contributed by atoms with van der Waals surface area (Å²) in [4.78, 5) is 24.7. The van der Waals surface area contributed by atoms with E-state index in [0.29, 0.717) is 12.4 Å². The van der Waals surface area contributed by atoms with Gasteiger partial charge in [0, 0.05) is 18.3 Å². The van der Waals surface area contributed by atoms with E-state index in [1.54, 1.807) is 6.20 Å². The lowest BCUT2D eigenvalue weighted by molar-refractivity contribution is 0.139. The molecular weight excluding hydrogens is 396 g/mol. The van der Waals surface area contributed by atoms with Gasteiger partial charge in [-0.3, -0.25) is 4.90 Å². The molecule has 3 aromatic rings. The van der Waals surface area contributed by atoms with Gasteiger partial charge in [-0.15, -0.1) is 0 Å². The summed E-state index contributed by atoms with van der Waals surface area (Å²) in [5.41, 5.74) is 4.03. The van der Waals surface area contributed by atoms with E-state index in [9.17, 15) is 9.90 Å². The Morgan fingerprint density at radius 3 is 2.50 bits per heavy atom. The Kier molecular flexibility index (Phi) is 4.46. The third kappa shape index (κ3) is 3.22. The van der Waals surface area contributed by atoms with E-state index >= 15 is 0 Å². The molecule has 1 fully saturated rings. The number of halogens is 1. The second-order valence-corrected chi connectivity index (χ2v) is 7.08. The Morgan fingerprint density at radius 1 is 1.08 bits per heavy atom. The molecule has 1 atom stereocenters. The highest BCUT2D eigenvalue weighted by atomic mass is 79.9. The van der Waals surface area contributed by atoms with Crippen LogP contribution in [-0.4, -0.2) is 37.6 Å². The van der Waals surface area contributed by atoms with Crippen molar-refractivity contribution in [2.24, 2.45) is 0 Å². The number of likely N-dealkylation sites (tertiary alicyclic amines) is 1. The summed E-state index contributed by atoms with van der Waals surface area (Å²) >= 11 is 3.34. The fraction of sp³-hybridized carbons (Fsp3) is 0.211. The molecule has 0 aliphatic carbocycles. The number of amides is 1. The molecule has 1 saturated heterocycles. The van der Waals surface area contributed by atoms with E-state index in [1.807, 2.05) is 42.6 Å². The quantitative estimate of drug-likeness (QED) is 0.609. The summed E-state index contributed by atoms with van der Waals surface area (Å²) in [6, 6.07) is 11.9. The van der Waals surface area contributed by atoms with E-state index in [4.69, 9.17) is 0 Å². The number of carboxylic acid groups (broad SMARTS) is 1. The zero-order valence-electron chi connectivity index (χ0n) is 13.9. The molecule has 4 rings (SSSR count). The Balaban J connectivity index is 1.56. The molecule has 0 saturated carbocycles. The van der Waals surface area contributed by atoms with Gasteiger partial charge in [-0.25, -0.2) is 14.8 Å². The van der Waals surface area contributed by atoms with Crippen LogP contribution in [0, 0.1) is 0 Å². The van der Waals surface area contributed by atoms with Gasteiger partial charge in [0.1, 0.15) is 10.4 Å². The smallest absolute Gasteiger partial charge is 0.407 e. The van der Waals surface area contributed by atoms with Crippen molar-refractivity contribution in [1.82, 2.24) is 19.9 Å². The van der Waals surface area contributed by atoms with E-state index in [1.165, 1.54) is 4.90 Å². The number of hydrogen-bond donors (Lipinski definition) is 2. The van der Waals surface area contributed by atoms with Gasteiger partial charge < -0.3 is 10.1 Å². The number of imidazole rings is 1. The number of aromatic amines is 1. The van der Waals surface area contributed by atoms with Gasteiger partial charge in [-0.1, -0.05) is 30.3 Å². The van der Waals surface area contributed by atoms with Crippen LogP contribution in [0.3, 0.4) is 0 Å². The van der Waals surface area contributed by atoms with Crippen molar-refractivity contribution >= 4 is 22.0 Å². The lowest BCUT2D eigenvalue weighted by Crippen LogP contribution is -2.29. The summed E-state index contributed by atoms with van der Waals surface area (Å²) in [5.74, 6) is 0.709. The van der Waals surface area contributed by atoms with Gasteiger partial charge in [0.2, 0.25) is 0 Å². The fourth-order valence-corrected chi connectivity index (χ4v) is 3.56. The van der Waals surface area contributed by atoms with Crippen LogP contribution in [0.15, 0.2) is 53.4 Å². The van der Waals surface area contributed by atoms with Gasteiger partial charge in [0.15, 0.2) is 0 Å². The zero-order valence-corrected chi connectivity index (χ0v) is 15.5. The maximum absolute atomic E-state index is 11.3. The van der Waals surface area contributed by atoms with Crippen molar-refractivity contribution < 1.29 is 9.90 Å². The minimum atomic E-state index is -0.891. The van der Waals surface area contributed by atoms with Crippen LogP contribution in [0.1, 0.15) is 24.7 Å². The van der Waals surface area contributed by atoms with E-state index in [2.05, 4.69) is 30.9 Å². The SMILES string of the molecule is O=C(O)N1CCC[C@H]1c1ncc(-c2ccc(-c3ccc(Br)nc3)cc2)[nH]1. The lowest BCUT2D eigenvalue weighted by Gasteiger charge is -2.19. The summed E-state index contributed by atoms with van der Waals surface area (Å²) in [5, 5.41) is 9.30. The third-order valence-corrected chi connectivity index (χ3v) is 5.14. The molecule has 26 heavy (non-hydrogen) atoms. The molecule has 2 N–H and O–H groups in total. The number of carbonyl (C=O) groups is 1. The number of nitrogens with one attached hydrogen (secondary N) is 1. The number of hydrogen-bond acceptors (Lipinski definition) is 3. The first-order chi connectivity index (χ1) is 12.6. The van der Waals surface area contributed by atoms with Gasteiger partial charge in [0.05, 0.1) is 17.9 Å². The van der Waals surface area contributed by atoms with Crippen molar-refractivity contribution in [2.45, 2.75) is 18.9 Å². The highest BCUT2D eigenvalue weighted by molar-refractivity contribution is 9.10. The fourth-order valence-electron chi connectivity index (χ4n) is 3.32. The molecular formula is C19H17BrN4O2. The number of pyridine rings is 1. The Hall–Kier alpha value is -2.67. The molecule has 1 aliphatic rings. The van der Waals surface area contributed by atoms with Crippen molar-refractivity contribution in [2.75, 3.05) is 6.54 Å². The average molecular weight is 413 g/mol. The van der Waals surface area contributed by atoms with Crippen LogP contribution in [0.25, 0.3) is 22.4 Å². The molecule has 0 radical (unpaired) electrons. The topological polar surface area (TPSA) is 82.1 Å². The lowest BCUT2D eigenvalue weighted by atomic mass is 10.0. The molecule has 7 heteroatoms. The molecule has 0 unspecified atom stereocenters. The molecule has 0 bridgehead atoms. The molecule has 0 spiro atoms. The second-order valence-electron chi connectivity index (χ2n) is 6.26. The Labute approximate surface area is 159 Å². The molecule has 1 aliphatic heterocycles. The van der Waals surface area contributed by atoms with Gasteiger partial charge >= 0.3 is 6.09 Å². The Bertz CT molecular complexity index is 921. The number of H-pyrrole nitrogens is 1. The van der Waals surface area contributed by atoms with Crippen molar-refractivity contribution in [1.29, 1.82) is 0 Å². The van der Waals surface area contributed by atoms with Crippen molar-refractivity contribution in [3.63, 3.8) is 0 Å². The maximum atomic E-state index is 11.3. The number of nitrogens with zero attached hydrogens (tertiary/aromatic N) is 3. The standard InChI is InChI=1S/C19H17BrN4O2/c20-17-8-7-14(10-21-17)12-3-5-13(6-4-12)15-11-22-18(23-15)16-2-1-9-24(16)19(25)26/h3-8,10-11,16H,1-2,9H2,(H,22,23)(H,25,26)/t16-/m0/s1. The van der Waals surface area contributed by atoms with Crippen molar-refractivity contribution in [3.05, 3.63) is 59.2 Å². The van der Waals surface area contributed by atoms with Crippen molar-refractivity contribution in [3.8, 4) is 22.4 Å². The van der Waals surface area contributed by atoms with Crippen LogP contribution < -0.4 is 0 Å². The van der Waals surface area contributed by atoms with Crippen LogP contribution in [-0.2, 0) is 0 Å². The third-order valence-electron chi connectivity index (χ3n) is 4.67. The molecule has 132 valence electrons. The molecule has 6 nitrogen and oxygen atoms in total. The number of rotatable bonds is 3. The summed E-state index contributed by atoms with van der Waals surface area (Å²) in [6.45, 7) is 0.561. The molecule has 1 aromatic carbocycles. The normalized spacial score (nSPS) is 16.8. The van der Waals surface area contributed by atoms with E-state index < -0.39 is 6.09 Å². The Morgan fingerprint density at radius 2 is 1.81 bits per heavy atom. The zero-order chi connectivity index (χ0) is 18.1. The largest absolute Gasteiger partial charge is 0.465 e. The monoisotopic (exact) mass is 412 g/mol. The predicted octanol–water partition coefficient (Wildman–Crippen LogP) is 4.72. The summed E-state index contributed by atoms with van der Waals surface area (Å²) < 4.78 is 0.810. The first-order valence-electron chi connectivity index (χ1n) is 8.38. The number of aromatic nitrogens is 3. The first-order valence-corrected chi connectivity index (χ1v) is 9.18.